The van der Waals surface area contributed by atoms with Crippen LogP contribution in [-0.2, 0) is 95.6 Å². The van der Waals surface area contributed by atoms with E-state index in [1.165, 1.54) is 6.92 Å². The van der Waals surface area contributed by atoms with Gasteiger partial charge in [-0.05, 0) is 99.4 Å². The molecule has 3 saturated carbocycles. The fourth-order valence-corrected chi connectivity index (χ4v) is 18.3. The number of ether oxygens (including phenoxy) is 12. The smallest absolute Gasteiger partial charge is 0.397 e. The van der Waals surface area contributed by atoms with Crippen molar-refractivity contribution >= 4 is 32.6 Å². The molecule has 6 saturated heterocycles. The zero-order valence-corrected chi connectivity index (χ0v) is 55.9. The van der Waals surface area contributed by atoms with Crippen molar-refractivity contribution in [3.8, 4) is 0 Å². The summed E-state index contributed by atoms with van der Waals surface area (Å²) in [6.45, 7) is 13.1. The summed E-state index contributed by atoms with van der Waals surface area (Å²) >= 11 is 0. The van der Waals surface area contributed by atoms with Gasteiger partial charge in [0.1, 0.15) is 121 Å². The number of methoxy groups -OCH3 is 1. The van der Waals surface area contributed by atoms with Crippen molar-refractivity contribution in [3.63, 3.8) is 0 Å². The van der Waals surface area contributed by atoms with Crippen LogP contribution in [0.3, 0.4) is 0 Å². The van der Waals surface area contributed by atoms with Crippen LogP contribution in [0, 0.1) is 39.4 Å². The minimum atomic E-state index is -5.23. The number of allylic oxidation sites excluding steroid dienone is 2. The summed E-state index contributed by atoms with van der Waals surface area (Å²) < 4.78 is 146. The third-order valence-corrected chi connectivity index (χ3v) is 23.7. The van der Waals surface area contributed by atoms with Crippen LogP contribution < -0.4 is 0 Å². The Morgan fingerprint density at radius 2 is 1.17 bits per heavy atom. The normalized spacial score (nSPS) is 49.5. The Balaban J connectivity index is 0.893. The van der Waals surface area contributed by atoms with Gasteiger partial charge < -0.3 is 118 Å². The average Bonchev–Trinajstić information content (AvgIpc) is 1.46. The molecule has 0 bridgehead atoms. The summed E-state index contributed by atoms with van der Waals surface area (Å²) in [5.74, 6) is -1.31. The second-order valence-electron chi connectivity index (χ2n) is 28.7. The van der Waals surface area contributed by atoms with E-state index >= 15 is 0 Å². The predicted molar refractivity (Wildman–Crippen MR) is 316 cm³/mol. The van der Waals surface area contributed by atoms with E-state index in [1.807, 2.05) is 26.8 Å². The molecule has 0 aromatic carbocycles. The third-order valence-electron chi connectivity index (χ3n) is 22.8. The van der Waals surface area contributed by atoms with Crippen molar-refractivity contribution in [1.29, 1.82) is 0 Å². The van der Waals surface area contributed by atoms with E-state index in [-0.39, 0.29) is 36.4 Å². The molecule has 96 heavy (non-hydrogen) atoms. The Kier molecular flexibility index (Phi) is 22.4. The topological polar surface area (TPSA) is 515 Å². The maximum absolute atomic E-state index is 14.6. The number of aliphatic hydroxyl groups excluding tert-OH is 12. The van der Waals surface area contributed by atoms with Gasteiger partial charge in [0.15, 0.2) is 37.2 Å². The minimum absolute atomic E-state index is 0.131. The zero-order chi connectivity index (χ0) is 70.6. The number of aliphatic hydroxyl groups is 12. The van der Waals surface area contributed by atoms with Crippen LogP contribution in [0.2, 0.25) is 0 Å². The first-order chi connectivity index (χ1) is 44.7. The minimum Gasteiger partial charge on any atom is -0.458 e. The molecular weight excluding hydrogens is 1330 g/mol. The Morgan fingerprint density at radius 1 is 0.615 bits per heavy atom. The quantitative estimate of drug-likeness (QED) is 0.0163. The van der Waals surface area contributed by atoms with Crippen molar-refractivity contribution in [2.24, 2.45) is 39.4 Å². The number of hydrogen-bond donors (Lipinski definition) is 14. The summed E-state index contributed by atoms with van der Waals surface area (Å²) in [5, 5.41) is 136. The molecule has 6 heterocycles. The van der Waals surface area contributed by atoms with Gasteiger partial charge in [0, 0.05) is 19.4 Å². The SMILES string of the molecule is C=C(C)C(=O)CC[C@]1(C)OC(=O)[C@@]23[C@@H](O)C=C4[C@@H](CC[C@@H]5C(C)(C)[C@@H](O[C@@H]6OC[C@@H](O[C@@H]7O[C@H](COS(=O)(=O)O)[C@H](O)[C@H](O)[C@H]7O)[C@H](O)[C@H]6O[C@@H]6O[C@H](C)[C@@H](O[C@@H]7O[C@H](COS(=O)(=O)O)[C@@H](O)[C@H](O[C@@H]8O[C@H](CO)[C@@H](O)[C@H](OC)[C@H]8O)[C@H]7O)[C@H](O)[C@H]6O)CC[C@]45C)[C@]2(C)CC[C@@H]31. The zero-order valence-electron chi connectivity index (χ0n) is 54.3. The molecule has 34 nitrogen and oxygen atoms in total. The highest BCUT2D eigenvalue weighted by Gasteiger charge is 2.79. The fraction of sp³-hybridized carbons (Fsp3) is 0.900. The highest BCUT2D eigenvalue weighted by molar-refractivity contribution is 7.81. The Labute approximate surface area is 554 Å². The lowest BCUT2D eigenvalue weighted by Crippen LogP contribution is -2.67. The van der Waals surface area contributed by atoms with E-state index in [9.17, 15) is 96.8 Å². The van der Waals surface area contributed by atoms with E-state index < -0.39 is 240 Å². The maximum Gasteiger partial charge on any atom is 0.397 e. The number of carbonyl (C=O) groups is 2. The van der Waals surface area contributed by atoms with E-state index in [2.05, 4.69) is 28.8 Å². The summed E-state index contributed by atoms with van der Waals surface area (Å²) in [4.78, 5) is 27.4. The number of ketones is 1. The van der Waals surface area contributed by atoms with Crippen LogP contribution in [-0.4, -0.2) is 298 Å². The fourth-order valence-electron chi connectivity index (χ4n) is 17.7. The molecule has 6 aliphatic heterocycles. The van der Waals surface area contributed by atoms with E-state index in [4.69, 9.17) is 56.8 Å². The number of fused-ring (bicyclic) bond motifs is 4. The van der Waals surface area contributed by atoms with Gasteiger partial charge in [0.2, 0.25) is 0 Å². The van der Waals surface area contributed by atoms with Gasteiger partial charge in [-0.1, -0.05) is 45.9 Å². The van der Waals surface area contributed by atoms with Gasteiger partial charge in [-0.15, -0.1) is 0 Å². The van der Waals surface area contributed by atoms with Crippen molar-refractivity contribution < 1.29 is 162 Å². The molecule has 9 fully saturated rings. The number of Topliss-reactive ketones (excluding diaryl/α,β-unsaturated/α-hetero) is 1. The molecule has 0 aromatic heterocycles. The standard InChI is InChI=1S/C60H94O34S2/c1-23(2)27(62)12-17-59(8)33-13-16-58(7)25-10-11-32-56(4,5)35(14-15-57(32,6)26(25)18-34(63)60(33,58)55(74)94-59)90-54-49(39(67)29(20-82-54)87-51-42(70)40(68)36(64)30(88-51)21-83-95(75,76)77)93-50-43(71)41(69)46(24(3)85-50)91-53-45(73)48(38(66)31(89-53)22-84-96(78,79)80)92-52-44(72)47(81-9)37(65)28(19-61)86-52/h18,24-25,28-54,61,63-73H,1,10-17,19-22H2,2-9H3,(H,75,76,77)(H,78,79,80)/t24-,25-,28-,29-,30-,31-,32-,33-,34+,35+,36+,37-,38-,39+,40+,41-,42-,43-,44-,45-,46-,47+,48+,49-,50+,51-,52+,53+,54+,57-,58+,59+,60-/m1/s1. The molecule has 14 N–H and O–H groups in total. The molecule has 10 rings (SSSR count). The van der Waals surface area contributed by atoms with Gasteiger partial charge in [0.05, 0.1) is 44.7 Å². The molecule has 33 atom stereocenters. The number of esters is 1. The van der Waals surface area contributed by atoms with Gasteiger partial charge in [-0.3, -0.25) is 18.7 Å². The summed E-state index contributed by atoms with van der Waals surface area (Å²) in [6.07, 6.45) is -41.5. The predicted octanol–water partition coefficient (Wildman–Crippen LogP) is -3.76. The van der Waals surface area contributed by atoms with E-state index in [1.54, 1.807) is 6.92 Å². The van der Waals surface area contributed by atoms with Crippen LogP contribution in [0.5, 0.6) is 0 Å². The van der Waals surface area contributed by atoms with Crippen LogP contribution in [0.25, 0.3) is 0 Å². The van der Waals surface area contributed by atoms with Crippen LogP contribution >= 0.6 is 0 Å². The molecule has 0 unspecified atom stereocenters. The van der Waals surface area contributed by atoms with Crippen LogP contribution in [0.4, 0.5) is 0 Å². The molecule has 550 valence electrons. The number of cyclic esters (lactones) is 1. The van der Waals surface area contributed by atoms with Gasteiger partial charge in [0.25, 0.3) is 0 Å². The van der Waals surface area contributed by atoms with Crippen LogP contribution in [0.15, 0.2) is 23.8 Å². The molecule has 1 spiro atoms. The molecule has 0 amide bonds. The van der Waals surface area contributed by atoms with Crippen LogP contribution in [0.1, 0.15) is 99.8 Å². The molecule has 0 aromatic rings. The third kappa shape index (κ3) is 13.7. The number of hydrogen-bond acceptors (Lipinski definition) is 32. The lowest BCUT2D eigenvalue weighted by atomic mass is 9.40. The van der Waals surface area contributed by atoms with Gasteiger partial charge >= 0.3 is 26.8 Å². The lowest BCUT2D eigenvalue weighted by Gasteiger charge is -2.64. The Bertz CT molecular complexity index is 3070. The second-order valence-corrected chi connectivity index (χ2v) is 30.8. The summed E-state index contributed by atoms with van der Waals surface area (Å²) in [6, 6.07) is 0. The largest absolute Gasteiger partial charge is 0.458 e. The average molecular weight is 1420 g/mol. The molecule has 10 aliphatic rings. The maximum atomic E-state index is 14.6. The first-order valence-corrected chi connectivity index (χ1v) is 34.9. The monoisotopic (exact) mass is 1420 g/mol. The van der Waals surface area contributed by atoms with Crippen molar-refractivity contribution in [2.45, 2.75) is 265 Å². The first kappa shape index (κ1) is 76.1. The highest BCUT2D eigenvalue weighted by Crippen LogP contribution is 2.76. The summed E-state index contributed by atoms with van der Waals surface area (Å²) in [5.41, 5.74) is -2.96. The molecule has 0 radical (unpaired) electrons. The van der Waals surface area contributed by atoms with Crippen molar-refractivity contribution in [1.82, 2.24) is 0 Å². The number of carbonyl (C=O) groups excluding carboxylic acids is 2. The Morgan fingerprint density at radius 3 is 1.77 bits per heavy atom. The van der Waals surface area contributed by atoms with Crippen molar-refractivity contribution in [2.75, 3.05) is 33.5 Å². The Hall–Kier alpha value is -2.56. The molecule has 36 heteroatoms. The van der Waals surface area contributed by atoms with Crippen molar-refractivity contribution in [3.05, 3.63) is 23.8 Å². The lowest BCUT2D eigenvalue weighted by molar-refractivity contribution is -0.394. The summed E-state index contributed by atoms with van der Waals surface area (Å²) in [7, 11) is -9.23. The molecular formula is C60H94O34S2. The highest BCUT2D eigenvalue weighted by atomic mass is 32.3. The van der Waals surface area contributed by atoms with E-state index in [0.29, 0.717) is 44.1 Å². The second kappa shape index (κ2) is 28.2. The van der Waals surface area contributed by atoms with Gasteiger partial charge in [-0.25, -0.2) is 8.37 Å². The van der Waals surface area contributed by atoms with E-state index in [0.717, 1.165) is 12.7 Å². The first-order valence-electron chi connectivity index (χ1n) is 32.2. The molecule has 4 aliphatic carbocycles. The van der Waals surface area contributed by atoms with Gasteiger partial charge in [-0.2, -0.15) is 16.8 Å². The number of rotatable bonds is 22.